The molecule has 1 unspecified atom stereocenters. The van der Waals surface area contributed by atoms with E-state index in [4.69, 9.17) is 14.5 Å². The molecule has 6 heteroatoms. The second-order valence-electron chi connectivity index (χ2n) is 8.37. The van der Waals surface area contributed by atoms with Gasteiger partial charge in [-0.25, -0.2) is 9.97 Å². The van der Waals surface area contributed by atoms with Gasteiger partial charge in [0.25, 0.3) is 0 Å². The van der Waals surface area contributed by atoms with E-state index in [-0.39, 0.29) is 5.41 Å². The van der Waals surface area contributed by atoms with Crippen LogP contribution in [-0.4, -0.2) is 60.9 Å². The van der Waals surface area contributed by atoms with Gasteiger partial charge < -0.3 is 14.4 Å². The Hall–Kier alpha value is -2.02. The number of anilines is 1. The minimum absolute atomic E-state index is 0.0125. The van der Waals surface area contributed by atoms with Gasteiger partial charge in [-0.1, -0.05) is 29.8 Å². The van der Waals surface area contributed by atoms with Crippen molar-refractivity contribution in [2.24, 2.45) is 0 Å². The van der Waals surface area contributed by atoms with Crippen molar-refractivity contribution in [2.45, 2.75) is 31.9 Å². The summed E-state index contributed by atoms with van der Waals surface area (Å²) in [5.74, 6) is 0.848. The van der Waals surface area contributed by atoms with E-state index in [0.717, 1.165) is 70.5 Å². The Bertz CT molecular complexity index is 852. The van der Waals surface area contributed by atoms with Crippen LogP contribution in [0.3, 0.4) is 0 Å². The van der Waals surface area contributed by atoms with E-state index >= 15 is 0 Å². The molecular formula is C22H28N4O2. The number of aryl methyl sites for hydroxylation is 1. The van der Waals surface area contributed by atoms with Gasteiger partial charge in [-0.15, -0.1) is 0 Å². The van der Waals surface area contributed by atoms with Crippen molar-refractivity contribution in [1.29, 1.82) is 0 Å². The van der Waals surface area contributed by atoms with E-state index in [1.54, 1.807) is 0 Å². The Morgan fingerprint density at radius 3 is 2.89 bits per heavy atom. The largest absolute Gasteiger partial charge is 0.378 e. The van der Waals surface area contributed by atoms with Gasteiger partial charge >= 0.3 is 0 Å². The average molecular weight is 380 g/mol. The lowest BCUT2D eigenvalue weighted by molar-refractivity contribution is 0.0502. The third kappa shape index (κ3) is 3.41. The summed E-state index contributed by atoms with van der Waals surface area (Å²) in [4.78, 5) is 14.5. The molecular weight excluding hydrogens is 352 g/mol. The SMILES string of the molecule is Cc1cccc(CN2CCC3(COCc4cnc(N5CCOCC5)nc43)C2)c1. The lowest BCUT2D eigenvalue weighted by atomic mass is 9.80. The molecule has 1 spiro atoms. The zero-order chi connectivity index (χ0) is 19.0. The van der Waals surface area contributed by atoms with E-state index in [2.05, 4.69) is 46.0 Å². The first-order valence-electron chi connectivity index (χ1n) is 10.3. The quantitative estimate of drug-likeness (QED) is 0.814. The number of aromatic nitrogens is 2. The second kappa shape index (κ2) is 7.43. The standard InChI is InChI=1S/C22H28N4O2/c1-17-3-2-4-18(11-17)13-25-6-5-22(15-25)16-28-14-19-12-23-21(24-20(19)22)26-7-9-27-10-8-26/h2-4,11-12H,5-10,13-16H2,1H3. The first-order valence-corrected chi connectivity index (χ1v) is 10.3. The number of likely N-dealkylation sites (tertiary alicyclic amines) is 1. The summed E-state index contributed by atoms with van der Waals surface area (Å²) in [5.41, 5.74) is 5.05. The number of morpholine rings is 1. The molecule has 2 aromatic rings. The summed E-state index contributed by atoms with van der Waals surface area (Å²) in [7, 11) is 0. The summed E-state index contributed by atoms with van der Waals surface area (Å²) in [6, 6.07) is 8.82. The minimum atomic E-state index is -0.0125. The number of benzene rings is 1. The Kier molecular flexibility index (Phi) is 4.78. The van der Waals surface area contributed by atoms with Crippen LogP contribution in [0, 0.1) is 6.92 Å². The Labute approximate surface area is 166 Å². The van der Waals surface area contributed by atoms with Crippen molar-refractivity contribution in [2.75, 3.05) is 50.9 Å². The smallest absolute Gasteiger partial charge is 0.225 e. The Morgan fingerprint density at radius 1 is 1.14 bits per heavy atom. The van der Waals surface area contributed by atoms with Crippen molar-refractivity contribution in [3.05, 3.63) is 52.8 Å². The van der Waals surface area contributed by atoms with Crippen LogP contribution in [0.15, 0.2) is 30.5 Å². The van der Waals surface area contributed by atoms with Crippen LogP contribution in [0.2, 0.25) is 0 Å². The zero-order valence-corrected chi connectivity index (χ0v) is 16.6. The summed E-state index contributed by atoms with van der Waals surface area (Å²) >= 11 is 0. The third-order valence-electron chi connectivity index (χ3n) is 6.21. The average Bonchev–Trinajstić information content (AvgIpc) is 3.12. The van der Waals surface area contributed by atoms with Crippen LogP contribution in [-0.2, 0) is 28.0 Å². The van der Waals surface area contributed by atoms with Gasteiger partial charge in [-0.2, -0.15) is 0 Å². The summed E-state index contributed by atoms with van der Waals surface area (Å²) in [6.07, 6.45) is 3.07. The molecule has 0 N–H and O–H groups in total. The molecule has 0 radical (unpaired) electrons. The fraction of sp³-hybridized carbons (Fsp3) is 0.545. The van der Waals surface area contributed by atoms with Crippen molar-refractivity contribution < 1.29 is 9.47 Å². The molecule has 1 atom stereocenters. The van der Waals surface area contributed by atoms with E-state index in [0.29, 0.717) is 6.61 Å². The topological polar surface area (TPSA) is 50.7 Å². The van der Waals surface area contributed by atoms with Gasteiger partial charge in [0.1, 0.15) is 0 Å². The normalized spacial score (nSPS) is 25.2. The minimum Gasteiger partial charge on any atom is -0.378 e. The van der Waals surface area contributed by atoms with Crippen molar-refractivity contribution in [1.82, 2.24) is 14.9 Å². The van der Waals surface area contributed by atoms with Crippen LogP contribution in [0.1, 0.15) is 28.8 Å². The highest BCUT2D eigenvalue weighted by atomic mass is 16.5. The molecule has 1 aromatic carbocycles. The Balaban J connectivity index is 1.39. The molecule has 5 rings (SSSR count). The predicted octanol–water partition coefficient (Wildman–Crippen LogP) is 2.30. The molecule has 3 aliphatic heterocycles. The van der Waals surface area contributed by atoms with Gasteiger partial charge in [0.15, 0.2) is 0 Å². The second-order valence-corrected chi connectivity index (χ2v) is 8.37. The fourth-order valence-corrected chi connectivity index (χ4v) is 4.78. The third-order valence-corrected chi connectivity index (χ3v) is 6.21. The summed E-state index contributed by atoms with van der Waals surface area (Å²) in [5, 5.41) is 0. The molecule has 0 saturated carbocycles. The number of rotatable bonds is 3. The van der Waals surface area contributed by atoms with Crippen molar-refractivity contribution in [3.8, 4) is 0 Å². The van der Waals surface area contributed by atoms with E-state index in [9.17, 15) is 0 Å². The lowest BCUT2D eigenvalue weighted by Crippen LogP contribution is -2.42. The van der Waals surface area contributed by atoms with Crippen molar-refractivity contribution >= 4 is 5.95 Å². The molecule has 4 heterocycles. The highest BCUT2D eigenvalue weighted by Crippen LogP contribution is 2.40. The molecule has 1 aromatic heterocycles. The molecule has 28 heavy (non-hydrogen) atoms. The summed E-state index contributed by atoms with van der Waals surface area (Å²) < 4.78 is 11.5. The number of hydrogen-bond acceptors (Lipinski definition) is 6. The molecule has 0 aliphatic carbocycles. The van der Waals surface area contributed by atoms with E-state index < -0.39 is 0 Å². The zero-order valence-electron chi connectivity index (χ0n) is 16.6. The van der Waals surface area contributed by atoms with E-state index in [1.165, 1.54) is 16.8 Å². The molecule has 6 nitrogen and oxygen atoms in total. The van der Waals surface area contributed by atoms with Crippen LogP contribution in [0.25, 0.3) is 0 Å². The molecule has 0 amide bonds. The highest BCUT2D eigenvalue weighted by molar-refractivity contribution is 5.39. The molecule has 0 bridgehead atoms. The van der Waals surface area contributed by atoms with Crippen LogP contribution in [0.5, 0.6) is 0 Å². The molecule has 148 valence electrons. The first-order chi connectivity index (χ1) is 13.7. The van der Waals surface area contributed by atoms with Gasteiger partial charge in [-0.05, 0) is 25.5 Å². The maximum atomic E-state index is 6.00. The lowest BCUT2D eigenvalue weighted by Gasteiger charge is -2.35. The maximum Gasteiger partial charge on any atom is 0.225 e. The highest BCUT2D eigenvalue weighted by Gasteiger charge is 2.45. The number of hydrogen-bond donors (Lipinski definition) is 0. The van der Waals surface area contributed by atoms with Crippen molar-refractivity contribution in [3.63, 3.8) is 0 Å². The van der Waals surface area contributed by atoms with Gasteiger partial charge in [0, 0.05) is 37.9 Å². The maximum absolute atomic E-state index is 6.00. The predicted molar refractivity (Wildman–Crippen MR) is 107 cm³/mol. The Morgan fingerprint density at radius 2 is 2.04 bits per heavy atom. The van der Waals surface area contributed by atoms with Crippen LogP contribution < -0.4 is 4.90 Å². The number of nitrogens with zero attached hydrogens (tertiary/aromatic N) is 4. The number of ether oxygens (including phenoxy) is 2. The molecule has 2 saturated heterocycles. The fourth-order valence-electron chi connectivity index (χ4n) is 4.78. The van der Waals surface area contributed by atoms with Crippen LogP contribution in [0.4, 0.5) is 5.95 Å². The molecule has 2 fully saturated rings. The summed E-state index contributed by atoms with van der Waals surface area (Å²) in [6.45, 7) is 9.81. The van der Waals surface area contributed by atoms with Gasteiger partial charge in [-0.3, -0.25) is 4.90 Å². The monoisotopic (exact) mass is 380 g/mol. The number of fused-ring (bicyclic) bond motifs is 2. The van der Waals surface area contributed by atoms with Gasteiger partial charge in [0.05, 0.1) is 37.5 Å². The van der Waals surface area contributed by atoms with Gasteiger partial charge in [0.2, 0.25) is 5.95 Å². The van der Waals surface area contributed by atoms with E-state index in [1.807, 2.05) is 6.20 Å². The molecule has 3 aliphatic rings. The first kappa shape index (κ1) is 18.0. The van der Waals surface area contributed by atoms with Crippen LogP contribution >= 0.6 is 0 Å².